The largest absolute Gasteiger partial charge is 0.326 e. The van der Waals surface area contributed by atoms with Crippen molar-refractivity contribution in [2.75, 3.05) is 0 Å². The van der Waals surface area contributed by atoms with Crippen molar-refractivity contribution in [2.24, 2.45) is 0 Å². The molecule has 0 amide bonds. The number of aromatic nitrogens is 2. The molecular formula is C7H5IN2O2. The van der Waals surface area contributed by atoms with E-state index >= 15 is 0 Å². The van der Waals surface area contributed by atoms with Crippen LogP contribution in [-0.4, -0.2) is 14.0 Å². The molecule has 0 atom stereocenters. The van der Waals surface area contributed by atoms with Gasteiger partial charge >= 0.3 is 5.69 Å². The third-order valence-corrected chi connectivity index (χ3v) is 3.24. The normalized spacial score (nSPS) is 13.7. The van der Waals surface area contributed by atoms with Crippen LogP contribution in [0.5, 0.6) is 0 Å². The number of hydrogen-bond donors (Lipinski definition) is 2. The first-order valence-electron chi connectivity index (χ1n) is 3.26. The zero-order valence-corrected chi connectivity index (χ0v) is 8.08. The number of rotatable bonds is 0. The Hall–Kier alpha value is -0.980. The summed E-state index contributed by atoms with van der Waals surface area (Å²) in [6.45, 7) is 0. The first kappa shape index (κ1) is 7.66. The van der Waals surface area contributed by atoms with Crippen LogP contribution in [0.4, 0.5) is 0 Å². The van der Waals surface area contributed by atoms with Gasteiger partial charge in [-0.3, -0.25) is 9.78 Å². The van der Waals surface area contributed by atoms with Crippen LogP contribution < -0.4 is 11.2 Å². The molecule has 1 aliphatic heterocycles. The van der Waals surface area contributed by atoms with Crippen LogP contribution in [0, 0.1) is 0 Å². The number of hydrogen-bond acceptors (Lipinski definition) is 2. The van der Waals surface area contributed by atoms with E-state index in [2.05, 4.69) is 9.97 Å². The highest BCUT2D eigenvalue weighted by molar-refractivity contribution is 14.2. The summed E-state index contributed by atoms with van der Waals surface area (Å²) in [5, 5.41) is 0. The van der Waals surface area contributed by atoms with Crippen molar-refractivity contribution in [3.63, 3.8) is 0 Å². The third-order valence-electron chi connectivity index (χ3n) is 1.48. The second-order valence-corrected chi connectivity index (χ2v) is 4.32. The first-order chi connectivity index (χ1) is 5.77. The maximum absolute atomic E-state index is 11.2. The molecule has 0 saturated heterocycles. The fourth-order valence-corrected chi connectivity index (χ4v) is 2.70. The van der Waals surface area contributed by atoms with E-state index in [4.69, 9.17) is 0 Å². The second-order valence-electron chi connectivity index (χ2n) is 2.26. The Labute approximate surface area is 77.1 Å². The van der Waals surface area contributed by atoms with E-state index in [0.29, 0.717) is 11.3 Å². The maximum atomic E-state index is 11.2. The van der Waals surface area contributed by atoms with E-state index in [-0.39, 0.29) is 26.3 Å². The molecule has 0 aliphatic carbocycles. The molecule has 0 fully saturated rings. The molecule has 0 aromatic carbocycles. The van der Waals surface area contributed by atoms with E-state index < -0.39 is 5.69 Å². The fraction of sp³-hybridized carbons (Fsp3) is 0. The lowest BCUT2D eigenvalue weighted by atomic mass is 10.2. The lowest BCUT2D eigenvalue weighted by Gasteiger charge is -2.00. The molecule has 2 N–H and O–H groups in total. The van der Waals surface area contributed by atoms with Crippen LogP contribution in [0.3, 0.4) is 0 Å². The quantitative estimate of drug-likeness (QED) is 0.663. The van der Waals surface area contributed by atoms with Crippen molar-refractivity contribution in [1.82, 2.24) is 9.97 Å². The van der Waals surface area contributed by atoms with Gasteiger partial charge in [0.15, 0.2) is 0 Å². The Bertz CT molecular complexity index is 481. The minimum Gasteiger partial charge on any atom is -0.307 e. The van der Waals surface area contributed by atoms with E-state index in [9.17, 15) is 9.59 Å². The van der Waals surface area contributed by atoms with Gasteiger partial charge in [-0.2, -0.15) is 0 Å². The predicted molar refractivity (Wildman–Crippen MR) is 55.9 cm³/mol. The van der Waals surface area contributed by atoms with Gasteiger partial charge in [0.1, 0.15) is 0 Å². The summed E-state index contributed by atoms with van der Waals surface area (Å²) in [5.41, 5.74) is 0.481. The van der Waals surface area contributed by atoms with E-state index in [0.717, 1.165) is 0 Å². The van der Waals surface area contributed by atoms with E-state index in [1.54, 1.807) is 6.08 Å². The first-order valence-corrected chi connectivity index (χ1v) is 5.75. The molecule has 2 rings (SSSR count). The molecule has 12 heavy (non-hydrogen) atoms. The minimum atomic E-state index is -0.447. The Morgan fingerprint density at radius 2 is 2.08 bits per heavy atom. The topological polar surface area (TPSA) is 65.7 Å². The molecule has 0 spiro atoms. The minimum absolute atomic E-state index is 0.149. The van der Waals surface area contributed by atoms with Gasteiger partial charge in [-0.05, 0) is 14.2 Å². The molecule has 0 bridgehead atoms. The monoisotopic (exact) mass is 276 g/mol. The van der Waals surface area contributed by atoms with Gasteiger partial charge in [0, 0.05) is 0 Å². The summed E-state index contributed by atoms with van der Waals surface area (Å²) >= 11 is -0.149. The Morgan fingerprint density at radius 1 is 1.25 bits per heavy atom. The van der Waals surface area contributed by atoms with Crippen LogP contribution in [-0.2, 0) is 0 Å². The number of halogens is 1. The van der Waals surface area contributed by atoms with E-state index in [1.165, 1.54) is 0 Å². The van der Waals surface area contributed by atoms with Gasteiger partial charge < -0.3 is 4.98 Å². The summed E-state index contributed by atoms with van der Waals surface area (Å²) in [7, 11) is 0. The van der Waals surface area contributed by atoms with Gasteiger partial charge in [-0.25, -0.2) is 4.79 Å². The SMILES string of the molecule is O=c1[nH]c2c(c(=O)[nH]1)C=IC=C2. The highest BCUT2D eigenvalue weighted by Gasteiger charge is 2.05. The van der Waals surface area contributed by atoms with Crippen LogP contribution in [0.25, 0.3) is 6.08 Å². The number of aromatic amines is 2. The summed E-state index contributed by atoms with van der Waals surface area (Å²) in [4.78, 5) is 26.7. The molecule has 1 aliphatic rings. The zero-order valence-electron chi connectivity index (χ0n) is 5.93. The van der Waals surface area contributed by atoms with Crippen molar-refractivity contribution in [3.05, 3.63) is 36.2 Å². The average Bonchev–Trinajstić information content (AvgIpc) is 2.04. The van der Waals surface area contributed by atoms with Crippen molar-refractivity contribution in [2.45, 2.75) is 0 Å². The Balaban J connectivity index is 2.89. The fourth-order valence-electron chi connectivity index (χ4n) is 0.952. The summed E-state index contributed by atoms with van der Waals surface area (Å²) < 4.78 is 3.89. The van der Waals surface area contributed by atoms with Crippen LogP contribution >= 0.6 is 20.7 Å². The number of nitrogens with one attached hydrogen (secondary N) is 2. The molecule has 1 aromatic rings. The molecule has 5 heteroatoms. The lowest BCUT2D eigenvalue weighted by molar-refractivity contribution is 1.02. The van der Waals surface area contributed by atoms with Gasteiger partial charge in [-0.1, -0.05) is 20.7 Å². The third kappa shape index (κ3) is 1.20. The molecule has 0 radical (unpaired) electrons. The van der Waals surface area contributed by atoms with E-state index in [1.807, 2.05) is 8.09 Å². The Kier molecular flexibility index (Phi) is 1.80. The van der Waals surface area contributed by atoms with Gasteiger partial charge in [0.25, 0.3) is 5.56 Å². The second kappa shape index (κ2) is 2.81. The van der Waals surface area contributed by atoms with Crippen LogP contribution in [0.1, 0.15) is 11.3 Å². The van der Waals surface area contributed by atoms with Gasteiger partial charge in [0.2, 0.25) is 0 Å². The van der Waals surface area contributed by atoms with Crippen molar-refractivity contribution >= 4 is 30.8 Å². The molecule has 0 saturated carbocycles. The average molecular weight is 276 g/mol. The maximum Gasteiger partial charge on any atom is 0.326 e. The highest BCUT2D eigenvalue weighted by atomic mass is 127. The predicted octanol–water partition coefficient (Wildman–Crippen LogP) is 0.168. The lowest BCUT2D eigenvalue weighted by Crippen LogP contribution is -2.26. The standard InChI is InChI=1S/C7H5IN2O2/c11-6-4-3-8-2-1-5(4)9-7(12)10-6/h1-3H,(H2,9,10,11,12). The highest BCUT2D eigenvalue weighted by Crippen LogP contribution is 2.12. The molecule has 2 heterocycles. The summed E-state index contributed by atoms with van der Waals surface area (Å²) in [6, 6.07) is 0. The van der Waals surface area contributed by atoms with Gasteiger partial charge in [-0.15, -0.1) is 0 Å². The van der Waals surface area contributed by atoms with Crippen molar-refractivity contribution < 1.29 is 0 Å². The number of fused-ring (bicyclic) bond motifs is 1. The zero-order chi connectivity index (χ0) is 8.55. The Morgan fingerprint density at radius 3 is 2.92 bits per heavy atom. The molecule has 4 nitrogen and oxygen atoms in total. The van der Waals surface area contributed by atoms with Crippen molar-refractivity contribution in [3.8, 4) is 0 Å². The smallest absolute Gasteiger partial charge is 0.307 e. The molecule has 62 valence electrons. The molecule has 0 unspecified atom stereocenters. The number of H-pyrrole nitrogens is 2. The summed E-state index contributed by atoms with van der Waals surface area (Å²) in [6.07, 6.45) is 1.79. The van der Waals surface area contributed by atoms with Crippen LogP contribution in [0.2, 0.25) is 0 Å². The molecule has 1 aromatic heterocycles. The summed E-state index contributed by atoms with van der Waals surface area (Å²) in [5.74, 6) is 0. The van der Waals surface area contributed by atoms with Crippen LogP contribution in [0.15, 0.2) is 13.7 Å². The van der Waals surface area contributed by atoms with Crippen molar-refractivity contribution in [1.29, 1.82) is 0 Å². The molecular weight excluding hydrogens is 271 g/mol. The van der Waals surface area contributed by atoms with Gasteiger partial charge in [0.05, 0.1) is 11.3 Å².